The summed E-state index contributed by atoms with van der Waals surface area (Å²) in [7, 11) is -3.68. The number of fused-ring (bicyclic) bond motifs is 1. The van der Waals surface area contributed by atoms with Gasteiger partial charge in [0.2, 0.25) is 15.9 Å². The molecule has 1 aromatic heterocycles. The average Bonchev–Trinajstić information content (AvgIpc) is 3.30. The van der Waals surface area contributed by atoms with Gasteiger partial charge in [0.1, 0.15) is 0 Å². The molecule has 1 aliphatic heterocycles. The van der Waals surface area contributed by atoms with Crippen molar-refractivity contribution in [3.05, 3.63) is 83.2 Å². The van der Waals surface area contributed by atoms with Crippen LogP contribution in [0.25, 0.3) is 0 Å². The minimum absolute atomic E-state index is 0.0307. The van der Waals surface area contributed by atoms with E-state index in [-0.39, 0.29) is 23.4 Å². The van der Waals surface area contributed by atoms with Gasteiger partial charge in [-0.1, -0.05) is 24.3 Å². The maximum atomic E-state index is 12.9. The zero-order chi connectivity index (χ0) is 22.2. The second-order valence-electron chi connectivity index (χ2n) is 8.11. The monoisotopic (exact) mass is 437 g/mol. The summed E-state index contributed by atoms with van der Waals surface area (Å²) in [6, 6.07) is 17.0. The first-order chi connectivity index (χ1) is 14.8. The first-order valence-corrected chi connectivity index (χ1v) is 11.9. The number of anilines is 1. The van der Waals surface area contributed by atoms with Gasteiger partial charge in [-0.3, -0.25) is 4.79 Å². The Bertz CT molecular complexity index is 1230. The molecule has 0 radical (unpaired) electrons. The molecule has 6 nitrogen and oxygen atoms in total. The molecular weight excluding hydrogens is 410 g/mol. The van der Waals surface area contributed by atoms with Gasteiger partial charge in [0, 0.05) is 37.1 Å². The standard InChI is InChI=1S/C24H27N3O3S/c1-17-7-4-5-8-20(17)16-26-12-6-9-22(26)15-25-31(29,30)23-10-11-24-21(14-23)13-18(2)27(24)19(3)28/h4-12,14,18,25H,13,15-16H2,1-3H3. The lowest BCUT2D eigenvalue weighted by molar-refractivity contribution is -0.116. The predicted molar refractivity (Wildman–Crippen MR) is 122 cm³/mol. The van der Waals surface area contributed by atoms with E-state index in [0.717, 1.165) is 16.9 Å². The number of amides is 1. The second kappa shape index (κ2) is 8.32. The third-order valence-electron chi connectivity index (χ3n) is 5.88. The van der Waals surface area contributed by atoms with Crippen LogP contribution in [0.2, 0.25) is 0 Å². The summed E-state index contributed by atoms with van der Waals surface area (Å²) in [5, 5.41) is 0. The number of nitrogens with zero attached hydrogens (tertiary/aromatic N) is 2. The third-order valence-corrected chi connectivity index (χ3v) is 7.28. The summed E-state index contributed by atoms with van der Waals surface area (Å²) in [5.41, 5.74) is 4.98. The number of nitrogens with one attached hydrogen (secondary N) is 1. The Labute approximate surface area is 183 Å². The van der Waals surface area contributed by atoms with Gasteiger partial charge >= 0.3 is 0 Å². The summed E-state index contributed by atoms with van der Waals surface area (Å²) in [6.45, 7) is 6.46. The first-order valence-electron chi connectivity index (χ1n) is 10.4. The number of hydrogen-bond acceptors (Lipinski definition) is 3. The third kappa shape index (κ3) is 4.29. The van der Waals surface area contributed by atoms with Crippen LogP contribution in [0.3, 0.4) is 0 Å². The number of aryl methyl sites for hydroxylation is 1. The molecule has 4 rings (SSSR count). The van der Waals surface area contributed by atoms with E-state index >= 15 is 0 Å². The van der Waals surface area contributed by atoms with Crippen LogP contribution in [-0.4, -0.2) is 24.9 Å². The highest BCUT2D eigenvalue weighted by molar-refractivity contribution is 7.89. The molecule has 0 saturated heterocycles. The molecule has 7 heteroatoms. The zero-order valence-electron chi connectivity index (χ0n) is 18.0. The van der Waals surface area contributed by atoms with Gasteiger partial charge in [-0.25, -0.2) is 13.1 Å². The fourth-order valence-corrected chi connectivity index (χ4v) is 5.29. The molecule has 0 aliphatic carbocycles. The Morgan fingerprint density at radius 1 is 1.13 bits per heavy atom. The maximum Gasteiger partial charge on any atom is 0.240 e. The van der Waals surface area contributed by atoms with E-state index in [2.05, 4.69) is 28.3 Å². The van der Waals surface area contributed by atoms with Crippen LogP contribution >= 0.6 is 0 Å². The highest BCUT2D eigenvalue weighted by atomic mass is 32.2. The largest absolute Gasteiger partial charge is 0.346 e. The molecule has 0 fully saturated rings. The summed E-state index contributed by atoms with van der Waals surface area (Å²) in [4.78, 5) is 13.9. The maximum absolute atomic E-state index is 12.9. The number of benzene rings is 2. The number of carbonyl (C=O) groups is 1. The fraction of sp³-hybridized carbons (Fsp3) is 0.292. The Hall–Kier alpha value is -2.90. The molecule has 162 valence electrons. The van der Waals surface area contributed by atoms with Crippen molar-refractivity contribution < 1.29 is 13.2 Å². The topological polar surface area (TPSA) is 71.4 Å². The van der Waals surface area contributed by atoms with Gasteiger partial charge in [-0.05, 0) is 67.3 Å². The van der Waals surface area contributed by atoms with Crippen LogP contribution in [0.4, 0.5) is 5.69 Å². The number of aromatic nitrogens is 1. The van der Waals surface area contributed by atoms with E-state index in [0.29, 0.717) is 13.0 Å². The summed E-state index contributed by atoms with van der Waals surface area (Å²) >= 11 is 0. The highest BCUT2D eigenvalue weighted by Crippen LogP contribution is 2.33. The SMILES string of the molecule is CC(=O)N1c2ccc(S(=O)(=O)NCc3cccn3Cc3ccccc3C)cc2CC1C. The molecular formula is C24H27N3O3S. The molecule has 1 atom stereocenters. The second-order valence-corrected chi connectivity index (χ2v) is 9.88. The molecule has 1 unspecified atom stereocenters. The van der Waals surface area contributed by atoms with Crippen LogP contribution in [-0.2, 0) is 34.3 Å². The molecule has 1 amide bonds. The Balaban J connectivity index is 1.50. The summed E-state index contributed by atoms with van der Waals surface area (Å²) < 4.78 is 30.7. The van der Waals surface area contributed by atoms with Gasteiger partial charge < -0.3 is 9.47 Å². The zero-order valence-corrected chi connectivity index (χ0v) is 18.8. The fourth-order valence-electron chi connectivity index (χ4n) is 4.24. The molecule has 31 heavy (non-hydrogen) atoms. The van der Waals surface area contributed by atoms with E-state index < -0.39 is 10.0 Å². The van der Waals surface area contributed by atoms with E-state index in [9.17, 15) is 13.2 Å². The molecule has 0 bridgehead atoms. The Morgan fingerprint density at radius 3 is 2.65 bits per heavy atom. The number of hydrogen-bond donors (Lipinski definition) is 1. The average molecular weight is 438 g/mol. The van der Waals surface area contributed by atoms with E-state index in [1.54, 1.807) is 23.1 Å². The summed E-state index contributed by atoms with van der Waals surface area (Å²) in [6.07, 6.45) is 2.61. The molecule has 2 heterocycles. The van der Waals surface area contributed by atoms with E-state index in [1.807, 2.05) is 37.4 Å². The van der Waals surface area contributed by atoms with Crippen molar-refractivity contribution in [1.29, 1.82) is 0 Å². The van der Waals surface area contributed by atoms with Crippen LogP contribution in [0.15, 0.2) is 65.7 Å². The van der Waals surface area contributed by atoms with Crippen molar-refractivity contribution in [3.63, 3.8) is 0 Å². The van der Waals surface area contributed by atoms with Crippen molar-refractivity contribution >= 4 is 21.6 Å². The van der Waals surface area contributed by atoms with E-state index in [1.165, 1.54) is 18.1 Å². The highest BCUT2D eigenvalue weighted by Gasteiger charge is 2.30. The molecule has 2 aromatic carbocycles. The van der Waals surface area contributed by atoms with Crippen LogP contribution < -0.4 is 9.62 Å². The first kappa shape index (κ1) is 21.3. The van der Waals surface area contributed by atoms with Crippen molar-refractivity contribution in [2.75, 3.05) is 4.90 Å². The molecule has 3 aromatic rings. The van der Waals surface area contributed by atoms with E-state index in [4.69, 9.17) is 0 Å². The lowest BCUT2D eigenvalue weighted by Gasteiger charge is -2.20. The molecule has 1 aliphatic rings. The van der Waals surface area contributed by atoms with Crippen molar-refractivity contribution in [3.8, 4) is 0 Å². The predicted octanol–water partition coefficient (Wildman–Crippen LogP) is 3.62. The molecule has 0 saturated carbocycles. The normalized spacial score (nSPS) is 15.8. The van der Waals surface area contributed by atoms with Crippen molar-refractivity contribution in [2.45, 2.75) is 51.2 Å². The lowest BCUT2D eigenvalue weighted by Crippen LogP contribution is -2.33. The Morgan fingerprint density at radius 2 is 1.90 bits per heavy atom. The minimum atomic E-state index is -3.68. The lowest BCUT2D eigenvalue weighted by atomic mass is 10.1. The van der Waals surface area contributed by atoms with Crippen molar-refractivity contribution in [1.82, 2.24) is 9.29 Å². The molecule has 1 N–H and O–H groups in total. The number of sulfonamides is 1. The van der Waals surface area contributed by atoms with Crippen LogP contribution in [0.5, 0.6) is 0 Å². The van der Waals surface area contributed by atoms with Gasteiger partial charge in [-0.2, -0.15) is 0 Å². The van der Waals surface area contributed by atoms with Gasteiger partial charge in [0.25, 0.3) is 0 Å². The van der Waals surface area contributed by atoms with Gasteiger partial charge in [0.15, 0.2) is 0 Å². The van der Waals surface area contributed by atoms with Crippen LogP contribution in [0, 0.1) is 6.92 Å². The smallest absolute Gasteiger partial charge is 0.240 e. The quantitative estimate of drug-likeness (QED) is 0.640. The van der Waals surface area contributed by atoms with Crippen LogP contribution in [0.1, 0.15) is 36.2 Å². The van der Waals surface area contributed by atoms with Crippen molar-refractivity contribution in [2.24, 2.45) is 0 Å². The number of carbonyl (C=O) groups excluding carboxylic acids is 1. The van der Waals surface area contributed by atoms with Gasteiger partial charge in [0.05, 0.1) is 11.4 Å². The molecule has 0 spiro atoms. The number of rotatable bonds is 6. The summed E-state index contributed by atoms with van der Waals surface area (Å²) in [5.74, 6) is -0.0330. The van der Waals surface area contributed by atoms with Gasteiger partial charge in [-0.15, -0.1) is 0 Å². The Kier molecular flexibility index (Phi) is 5.73. The minimum Gasteiger partial charge on any atom is -0.346 e.